The Morgan fingerprint density at radius 1 is 1.09 bits per heavy atom. The second-order valence-corrected chi connectivity index (χ2v) is 12.1. The number of aryl methyl sites for hydroxylation is 1. The first-order valence-corrected chi connectivity index (χ1v) is 15.6. The molecule has 2 saturated heterocycles. The number of hydrogen-bond acceptors (Lipinski definition) is 8. The molecule has 2 aliphatic heterocycles. The third kappa shape index (κ3) is 6.61. The van der Waals surface area contributed by atoms with E-state index in [0.29, 0.717) is 46.1 Å². The van der Waals surface area contributed by atoms with E-state index in [0.717, 1.165) is 68.1 Å². The molecular formula is C33H33ClFN7O3. The van der Waals surface area contributed by atoms with Crippen LogP contribution in [0.25, 0.3) is 22.6 Å². The highest BCUT2D eigenvalue weighted by Gasteiger charge is 2.26. The van der Waals surface area contributed by atoms with Crippen molar-refractivity contribution in [3.8, 4) is 17.4 Å². The van der Waals surface area contributed by atoms with Crippen molar-refractivity contribution in [1.29, 1.82) is 0 Å². The Bertz CT molecular complexity index is 1900. The Labute approximate surface area is 264 Å². The summed E-state index contributed by atoms with van der Waals surface area (Å²) in [7, 11) is 0. The average Bonchev–Trinajstić information content (AvgIpc) is 3.34. The number of rotatable bonds is 9. The number of nitrogens with zero attached hydrogens (tertiary/aromatic N) is 6. The molecule has 0 radical (unpaired) electrons. The molecule has 45 heavy (non-hydrogen) atoms. The maximum atomic E-state index is 14.2. The molecule has 1 aromatic carbocycles. The average molecular weight is 630 g/mol. The first-order chi connectivity index (χ1) is 21.9. The Morgan fingerprint density at radius 3 is 2.69 bits per heavy atom. The van der Waals surface area contributed by atoms with Gasteiger partial charge in [0.2, 0.25) is 5.88 Å². The molecule has 232 valence electrons. The summed E-state index contributed by atoms with van der Waals surface area (Å²) in [5.74, 6) is 1.79. The van der Waals surface area contributed by atoms with Gasteiger partial charge in [-0.1, -0.05) is 23.7 Å². The van der Waals surface area contributed by atoms with E-state index in [1.807, 2.05) is 24.4 Å². The van der Waals surface area contributed by atoms with Gasteiger partial charge in [-0.05, 0) is 63.5 Å². The van der Waals surface area contributed by atoms with Gasteiger partial charge in [0.25, 0.3) is 5.56 Å². The van der Waals surface area contributed by atoms with Gasteiger partial charge in [-0.3, -0.25) is 14.7 Å². The minimum atomic E-state index is -0.392. The zero-order valence-corrected chi connectivity index (χ0v) is 25.6. The van der Waals surface area contributed by atoms with Crippen LogP contribution in [0.5, 0.6) is 5.88 Å². The zero-order chi connectivity index (χ0) is 30.9. The van der Waals surface area contributed by atoms with Crippen LogP contribution in [0.1, 0.15) is 48.0 Å². The number of likely N-dealkylation sites (tertiary alicyclic amines) is 1. The molecule has 0 bridgehead atoms. The quantitative estimate of drug-likeness (QED) is 0.230. The lowest BCUT2D eigenvalue weighted by Crippen LogP contribution is -2.35. The summed E-state index contributed by atoms with van der Waals surface area (Å²) >= 11 is 5.87. The number of aromatic amines is 1. The fourth-order valence-corrected chi connectivity index (χ4v) is 6.13. The van der Waals surface area contributed by atoms with Crippen LogP contribution in [0.4, 0.5) is 4.39 Å². The molecular weight excluding hydrogens is 597 g/mol. The molecule has 1 atom stereocenters. The summed E-state index contributed by atoms with van der Waals surface area (Å²) in [6.07, 6.45) is 4.90. The van der Waals surface area contributed by atoms with E-state index in [1.165, 1.54) is 12.1 Å². The third-order valence-corrected chi connectivity index (χ3v) is 8.75. The number of benzene rings is 1. The maximum Gasteiger partial charge on any atom is 0.251 e. The zero-order valence-electron chi connectivity index (χ0n) is 24.9. The summed E-state index contributed by atoms with van der Waals surface area (Å²) in [5.41, 5.74) is 4.18. The molecule has 10 nitrogen and oxygen atoms in total. The van der Waals surface area contributed by atoms with E-state index < -0.39 is 5.82 Å². The second kappa shape index (κ2) is 12.7. The Balaban J connectivity index is 1.04. The molecule has 4 aromatic heterocycles. The number of H-pyrrole nitrogens is 1. The van der Waals surface area contributed by atoms with Crippen molar-refractivity contribution in [2.75, 3.05) is 19.7 Å². The molecule has 5 aromatic rings. The summed E-state index contributed by atoms with van der Waals surface area (Å²) < 4.78 is 28.0. The van der Waals surface area contributed by atoms with Gasteiger partial charge in [0.15, 0.2) is 5.82 Å². The Kier molecular flexibility index (Phi) is 8.31. The van der Waals surface area contributed by atoms with Crippen molar-refractivity contribution < 1.29 is 13.9 Å². The molecule has 1 N–H and O–H groups in total. The molecule has 0 amide bonds. The lowest BCUT2D eigenvalue weighted by molar-refractivity contribution is -0.0592. The van der Waals surface area contributed by atoms with Crippen LogP contribution in [-0.4, -0.2) is 60.2 Å². The number of halogens is 2. The number of hydrogen-bond donors (Lipinski definition) is 1. The van der Waals surface area contributed by atoms with Crippen LogP contribution < -0.4 is 10.3 Å². The minimum absolute atomic E-state index is 0.0846. The van der Waals surface area contributed by atoms with Crippen molar-refractivity contribution in [1.82, 2.24) is 34.4 Å². The highest BCUT2D eigenvalue weighted by atomic mass is 35.5. The molecule has 1 unspecified atom stereocenters. The first-order valence-electron chi connectivity index (χ1n) is 15.2. The number of aromatic nitrogens is 6. The molecule has 6 heterocycles. The fraction of sp³-hybridized carbons (Fsp3) is 0.364. The lowest BCUT2D eigenvalue weighted by Gasteiger charge is -2.32. The first kappa shape index (κ1) is 29.5. The van der Waals surface area contributed by atoms with Crippen LogP contribution in [0, 0.1) is 12.7 Å². The molecule has 0 aliphatic carbocycles. The largest absolute Gasteiger partial charge is 0.473 e. The van der Waals surface area contributed by atoms with Crippen molar-refractivity contribution in [2.24, 2.45) is 0 Å². The van der Waals surface area contributed by atoms with Gasteiger partial charge in [0.05, 0.1) is 36.4 Å². The molecule has 12 heteroatoms. The predicted molar refractivity (Wildman–Crippen MR) is 168 cm³/mol. The van der Waals surface area contributed by atoms with Gasteiger partial charge in [-0.15, -0.1) is 0 Å². The SMILES string of the molecule is Cc1cc(=O)[nH]c(-c2cc3nc(CN4CCC(c5cccc(OCc6ccc(Cl)cc6F)n5)CC4)n(CC4CCO4)c3cn2)n1. The van der Waals surface area contributed by atoms with E-state index >= 15 is 0 Å². The van der Waals surface area contributed by atoms with Crippen molar-refractivity contribution in [2.45, 2.75) is 57.9 Å². The van der Waals surface area contributed by atoms with Gasteiger partial charge >= 0.3 is 0 Å². The summed E-state index contributed by atoms with van der Waals surface area (Å²) in [6, 6.07) is 13.7. The van der Waals surface area contributed by atoms with Gasteiger partial charge in [-0.2, -0.15) is 0 Å². The third-order valence-electron chi connectivity index (χ3n) is 8.51. The van der Waals surface area contributed by atoms with Crippen LogP contribution in [0.3, 0.4) is 0 Å². The van der Waals surface area contributed by atoms with Gasteiger partial charge < -0.3 is 19.0 Å². The monoisotopic (exact) mass is 629 g/mol. The topological polar surface area (TPSA) is 111 Å². The van der Waals surface area contributed by atoms with E-state index in [1.54, 1.807) is 25.1 Å². The molecule has 7 rings (SSSR count). The van der Waals surface area contributed by atoms with Gasteiger partial charge in [-0.25, -0.2) is 19.3 Å². The standard InChI is InChI=1S/C33H33ClFN7O3/c1-20-13-31(43)40-33(37-20)28-15-27-29(16-36-28)42(17-24-9-12-44-24)30(38-27)18-41-10-7-21(8-11-41)26-3-2-4-32(39-26)45-19-22-5-6-23(34)14-25(22)35/h2-6,13-16,21,24H,7-12,17-19H2,1H3,(H,37,40,43). The second-order valence-electron chi connectivity index (χ2n) is 11.7. The van der Waals surface area contributed by atoms with Crippen LogP contribution in [0.15, 0.2) is 59.5 Å². The molecule has 2 aliphatic rings. The Hall–Kier alpha value is -4.19. The number of fused-ring (bicyclic) bond motifs is 1. The van der Waals surface area contributed by atoms with E-state index in [4.69, 9.17) is 31.0 Å². The van der Waals surface area contributed by atoms with Crippen LogP contribution >= 0.6 is 11.6 Å². The van der Waals surface area contributed by atoms with Gasteiger partial charge in [0.1, 0.15) is 23.9 Å². The normalized spacial score (nSPS) is 17.4. The summed E-state index contributed by atoms with van der Waals surface area (Å²) in [4.78, 5) is 36.1. The Morgan fingerprint density at radius 2 is 1.93 bits per heavy atom. The van der Waals surface area contributed by atoms with E-state index in [2.05, 4.69) is 24.4 Å². The molecule has 0 spiro atoms. The lowest BCUT2D eigenvalue weighted by atomic mass is 9.93. The van der Waals surface area contributed by atoms with Crippen LogP contribution in [-0.2, 0) is 24.4 Å². The van der Waals surface area contributed by atoms with Crippen molar-refractivity contribution in [3.05, 3.63) is 98.7 Å². The maximum absolute atomic E-state index is 14.2. The highest BCUT2D eigenvalue weighted by molar-refractivity contribution is 6.30. The number of ether oxygens (including phenoxy) is 2. The highest BCUT2D eigenvalue weighted by Crippen LogP contribution is 2.30. The van der Waals surface area contributed by atoms with Crippen molar-refractivity contribution >= 4 is 22.6 Å². The minimum Gasteiger partial charge on any atom is -0.473 e. The van der Waals surface area contributed by atoms with E-state index in [9.17, 15) is 9.18 Å². The summed E-state index contributed by atoms with van der Waals surface area (Å²) in [6.45, 7) is 5.88. The van der Waals surface area contributed by atoms with Gasteiger partial charge in [0, 0.05) is 46.6 Å². The number of piperidine rings is 1. The number of pyridine rings is 2. The predicted octanol–water partition coefficient (Wildman–Crippen LogP) is 5.43. The molecule has 0 saturated carbocycles. The van der Waals surface area contributed by atoms with Crippen LogP contribution in [0.2, 0.25) is 5.02 Å². The smallest absolute Gasteiger partial charge is 0.251 e. The fourth-order valence-electron chi connectivity index (χ4n) is 5.98. The summed E-state index contributed by atoms with van der Waals surface area (Å²) in [5, 5.41) is 0.354. The number of imidazole rings is 1. The van der Waals surface area contributed by atoms with Crippen molar-refractivity contribution in [3.63, 3.8) is 0 Å². The van der Waals surface area contributed by atoms with E-state index in [-0.39, 0.29) is 18.3 Å². The number of nitrogens with one attached hydrogen (secondary N) is 1. The molecule has 2 fully saturated rings.